The van der Waals surface area contributed by atoms with Crippen LogP contribution in [0.4, 0.5) is 8.78 Å². The van der Waals surface area contributed by atoms with E-state index in [1.807, 2.05) is 18.2 Å². The van der Waals surface area contributed by atoms with Gasteiger partial charge in [0, 0.05) is 24.2 Å². The van der Waals surface area contributed by atoms with Gasteiger partial charge in [0.05, 0.1) is 18.8 Å². The van der Waals surface area contributed by atoms with Gasteiger partial charge >= 0.3 is 0 Å². The summed E-state index contributed by atoms with van der Waals surface area (Å²) in [5.74, 6) is -1.86. The second kappa shape index (κ2) is 6.48. The van der Waals surface area contributed by atoms with Crippen LogP contribution in [-0.2, 0) is 16.9 Å². The molecule has 2 saturated heterocycles. The highest BCUT2D eigenvalue weighted by Gasteiger charge is 2.48. The summed E-state index contributed by atoms with van der Waals surface area (Å²) in [7, 11) is 0. The van der Waals surface area contributed by atoms with Crippen molar-refractivity contribution < 1.29 is 18.6 Å². The summed E-state index contributed by atoms with van der Waals surface area (Å²) in [6.45, 7) is 1.74. The summed E-state index contributed by atoms with van der Waals surface area (Å²) in [5.41, 5.74) is -0.107. The number of aliphatic hydroxyl groups is 1. The van der Waals surface area contributed by atoms with Gasteiger partial charge in [0.25, 0.3) is 0 Å². The number of piperidine rings is 1. The zero-order valence-corrected chi connectivity index (χ0v) is 13.9. The average molecular weight is 345 g/mol. The third-order valence-electron chi connectivity index (χ3n) is 5.37. The lowest BCUT2D eigenvalue weighted by Gasteiger charge is -2.51. The Bertz CT molecular complexity index is 739. The van der Waals surface area contributed by atoms with Crippen molar-refractivity contribution in [2.24, 2.45) is 0 Å². The van der Waals surface area contributed by atoms with Crippen LogP contribution in [0.1, 0.15) is 24.0 Å². The maximum absolute atomic E-state index is 14.3. The number of benzene rings is 2. The molecule has 2 unspecified atom stereocenters. The zero-order chi connectivity index (χ0) is 17.4. The third kappa shape index (κ3) is 3.08. The Morgan fingerprint density at radius 1 is 1.00 bits per heavy atom. The van der Waals surface area contributed by atoms with Gasteiger partial charge in [-0.1, -0.05) is 42.5 Å². The van der Waals surface area contributed by atoms with E-state index in [0.717, 1.165) is 12.6 Å². The molecule has 1 N–H and O–H groups in total. The van der Waals surface area contributed by atoms with Gasteiger partial charge in [-0.25, -0.2) is 8.78 Å². The first-order valence-corrected chi connectivity index (χ1v) is 8.61. The van der Waals surface area contributed by atoms with Gasteiger partial charge in [0.15, 0.2) is 11.6 Å². The minimum Gasteiger partial charge on any atom is -0.385 e. The largest absolute Gasteiger partial charge is 0.385 e. The van der Waals surface area contributed by atoms with Crippen LogP contribution in [0.5, 0.6) is 0 Å². The molecule has 2 aromatic carbocycles. The minimum atomic E-state index is -1.36. The molecule has 0 aliphatic carbocycles. The van der Waals surface area contributed by atoms with Crippen LogP contribution >= 0.6 is 0 Å². The number of morpholine rings is 1. The number of rotatable bonds is 3. The van der Waals surface area contributed by atoms with Crippen LogP contribution in [0, 0.1) is 11.6 Å². The van der Waals surface area contributed by atoms with Crippen molar-refractivity contribution in [3.63, 3.8) is 0 Å². The molecule has 132 valence electrons. The zero-order valence-electron chi connectivity index (χ0n) is 13.9. The fourth-order valence-electron chi connectivity index (χ4n) is 4.18. The second-order valence-corrected chi connectivity index (χ2v) is 7.04. The number of nitrogens with zero attached hydrogens (tertiary/aromatic N) is 1. The predicted molar refractivity (Wildman–Crippen MR) is 89.9 cm³/mol. The van der Waals surface area contributed by atoms with Crippen molar-refractivity contribution in [2.45, 2.75) is 37.1 Å². The van der Waals surface area contributed by atoms with Crippen LogP contribution in [0.25, 0.3) is 0 Å². The molecule has 2 atom stereocenters. The second-order valence-electron chi connectivity index (χ2n) is 7.04. The molecule has 0 amide bonds. The highest BCUT2D eigenvalue weighted by Crippen LogP contribution is 2.42. The highest BCUT2D eigenvalue weighted by atomic mass is 19.2. The molecule has 2 aliphatic rings. The van der Waals surface area contributed by atoms with E-state index in [1.54, 1.807) is 0 Å². The molecule has 2 fully saturated rings. The lowest BCUT2D eigenvalue weighted by Crippen LogP contribution is -2.60. The predicted octanol–water partition coefficient (Wildman–Crippen LogP) is 3.22. The molecule has 2 aromatic rings. The average Bonchev–Trinajstić information content (AvgIpc) is 2.59. The molecule has 3 nitrogen and oxygen atoms in total. The summed E-state index contributed by atoms with van der Waals surface area (Å²) < 4.78 is 33.6. The summed E-state index contributed by atoms with van der Waals surface area (Å²) in [5, 5.41) is 11.1. The Kier molecular flexibility index (Phi) is 4.31. The van der Waals surface area contributed by atoms with Crippen LogP contribution in [0.3, 0.4) is 0 Å². The molecule has 0 radical (unpaired) electrons. The maximum atomic E-state index is 14.3. The minimum absolute atomic E-state index is 0.0274. The van der Waals surface area contributed by atoms with E-state index in [4.69, 9.17) is 4.74 Å². The van der Waals surface area contributed by atoms with E-state index in [-0.39, 0.29) is 17.6 Å². The molecule has 4 rings (SSSR count). The SMILES string of the molecule is OC1(c2cccc(F)c2F)CC2COCC(C1)N2Cc1ccccc1. The Morgan fingerprint density at radius 3 is 2.36 bits per heavy atom. The van der Waals surface area contributed by atoms with E-state index >= 15 is 0 Å². The summed E-state index contributed by atoms with van der Waals surface area (Å²) in [6, 6.07) is 14.1. The summed E-state index contributed by atoms with van der Waals surface area (Å²) in [6.07, 6.45) is 0.660. The van der Waals surface area contributed by atoms with Gasteiger partial charge in [-0.2, -0.15) is 0 Å². The number of halogens is 2. The van der Waals surface area contributed by atoms with Gasteiger partial charge in [0.1, 0.15) is 0 Å². The first-order valence-electron chi connectivity index (χ1n) is 8.61. The van der Waals surface area contributed by atoms with E-state index in [9.17, 15) is 13.9 Å². The molecule has 2 aliphatic heterocycles. The number of hydrogen-bond donors (Lipinski definition) is 1. The van der Waals surface area contributed by atoms with E-state index in [1.165, 1.54) is 17.7 Å². The Balaban J connectivity index is 1.61. The van der Waals surface area contributed by atoms with Gasteiger partial charge in [-0.3, -0.25) is 4.90 Å². The lowest BCUT2D eigenvalue weighted by atomic mass is 9.76. The Hall–Kier alpha value is -1.82. The van der Waals surface area contributed by atoms with Crippen molar-refractivity contribution in [1.29, 1.82) is 0 Å². The molecule has 5 heteroatoms. The van der Waals surface area contributed by atoms with Gasteiger partial charge in [0.2, 0.25) is 0 Å². The molecular weight excluding hydrogens is 324 g/mol. The lowest BCUT2D eigenvalue weighted by molar-refractivity contribution is -0.150. The normalized spacial score (nSPS) is 29.6. The first kappa shape index (κ1) is 16.6. The number of fused-ring (bicyclic) bond motifs is 2. The molecule has 0 aromatic heterocycles. The van der Waals surface area contributed by atoms with Gasteiger partial charge in [-0.15, -0.1) is 0 Å². The molecule has 25 heavy (non-hydrogen) atoms. The number of hydrogen-bond acceptors (Lipinski definition) is 3. The molecule has 2 heterocycles. The van der Waals surface area contributed by atoms with Crippen molar-refractivity contribution in [2.75, 3.05) is 13.2 Å². The quantitative estimate of drug-likeness (QED) is 0.927. The van der Waals surface area contributed by atoms with Crippen LogP contribution < -0.4 is 0 Å². The topological polar surface area (TPSA) is 32.7 Å². The summed E-state index contributed by atoms with van der Waals surface area (Å²) in [4.78, 5) is 2.32. The Morgan fingerprint density at radius 2 is 1.68 bits per heavy atom. The van der Waals surface area contributed by atoms with Gasteiger partial charge < -0.3 is 9.84 Å². The fraction of sp³-hybridized carbons (Fsp3) is 0.400. The van der Waals surface area contributed by atoms with Crippen LogP contribution in [-0.4, -0.2) is 35.3 Å². The highest BCUT2D eigenvalue weighted by molar-refractivity contribution is 5.27. The van der Waals surface area contributed by atoms with Crippen molar-refractivity contribution >= 4 is 0 Å². The summed E-state index contributed by atoms with van der Waals surface area (Å²) >= 11 is 0. The molecule has 2 bridgehead atoms. The molecule has 0 saturated carbocycles. The van der Waals surface area contributed by atoms with Crippen LogP contribution in [0.15, 0.2) is 48.5 Å². The first-order chi connectivity index (χ1) is 12.1. The van der Waals surface area contributed by atoms with E-state index in [2.05, 4.69) is 17.0 Å². The van der Waals surface area contributed by atoms with Crippen LogP contribution in [0.2, 0.25) is 0 Å². The van der Waals surface area contributed by atoms with Crippen molar-refractivity contribution in [3.05, 3.63) is 71.3 Å². The molecule has 0 spiro atoms. The third-order valence-corrected chi connectivity index (χ3v) is 5.37. The van der Waals surface area contributed by atoms with Gasteiger partial charge in [-0.05, 0) is 24.5 Å². The standard InChI is InChI=1S/C20H21F2NO2/c21-18-8-4-7-17(19(18)22)20(24)9-15-12-25-13-16(10-20)23(15)11-14-5-2-1-3-6-14/h1-8,15-16,24H,9-13H2. The molecular formula is C20H21F2NO2. The van der Waals surface area contributed by atoms with Crippen molar-refractivity contribution in [1.82, 2.24) is 4.90 Å². The van der Waals surface area contributed by atoms with E-state index in [0.29, 0.717) is 26.1 Å². The fourth-order valence-corrected chi connectivity index (χ4v) is 4.18. The number of ether oxygens (including phenoxy) is 1. The monoisotopic (exact) mass is 345 g/mol. The Labute approximate surface area is 145 Å². The smallest absolute Gasteiger partial charge is 0.164 e. The van der Waals surface area contributed by atoms with E-state index < -0.39 is 17.2 Å². The maximum Gasteiger partial charge on any atom is 0.164 e. The van der Waals surface area contributed by atoms with Crippen molar-refractivity contribution in [3.8, 4) is 0 Å².